The number of amides is 1. The molecule has 0 aromatic heterocycles. The van der Waals surface area contributed by atoms with Gasteiger partial charge in [0, 0.05) is 40.7 Å². The second-order valence-corrected chi connectivity index (χ2v) is 9.93. The van der Waals surface area contributed by atoms with Crippen molar-refractivity contribution in [3.63, 3.8) is 0 Å². The van der Waals surface area contributed by atoms with E-state index in [9.17, 15) is 61.5 Å². The molecule has 0 saturated carbocycles. The number of carbonyl (C=O) groups is 1. The van der Waals surface area contributed by atoms with Crippen LogP contribution in [0.5, 0.6) is 0 Å². The third kappa shape index (κ3) is 7.86. The summed E-state index contributed by atoms with van der Waals surface area (Å²) in [5.74, 6) is -24.0. The van der Waals surface area contributed by atoms with E-state index in [2.05, 4.69) is 5.32 Å². The third-order valence-corrected chi connectivity index (χ3v) is 5.82. The van der Waals surface area contributed by atoms with Crippen molar-refractivity contribution in [2.45, 2.75) is 56.2 Å². The molecule has 0 rings (SSSR count). The Hall–Kier alpha value is -1.10. The highest BCUT2D eigenvalue weighted by Gasteiger charge is 2.81. The molecule has 1 N–H and O–H groups in total. The molecule has 0 bridgehead atoms. The maximum Gasteiger partial charge on any atom is 0.460 e. The fourth-order valence-electron chi connectivity index (χ4n) is 2.03. The highest BCUT2D eigenvalue weighted by Crippen LogP contribution is 2.53. The average Bonchev–Trinajstić information content (AvgIpc) is 2.46. The molecule has 180 valence electrons. The molecule has 0 heterocycles. The molecule has 30 heavy (non-hydrogen) atoms. The van der Waals surface area contributed by atoms with Crippen molar-refractivity contribution in [3.8, 4) is 0 Å². The van der Waals surface area contributed by atoms with Gasteiger partial charge in [-0.2, -0.15) is 39.5 Å². The summed E-state index contributed by atoms with van der Waals surface area (Å²) in [6.07, 6.45) is -9.98. The zero-order valence-electron chi connectivity index (χ0n) is 15.3. The van der Waals surface area contributed by atoms with Crippen molar-refractivity contribution >= 4 is 26.8 Å². The van der Waals surface area contributed by atoms with E-state index >= 15 is 0 Å². The topological polar surface area (TPSA) is 103 Å². The standard InChI is InChI=1S/C13H18F9NO5S2/c1-9(2,7-30(26,27)28)23-8(24)3-5-29(25)6-4-10(14,15)11(16,17)12(18,19)13(20,21)22/h3-7H2,1-2H3,(H,23,24)(H,26,27,28)/p-1. The molecule has 1 atom stereocenters. The maximum absolute atomic E-state index is 13.3. The molecule has 0 aromatic rings. The summed E-state index contributed by atoms with van der Waals surface area (Å²) in [5.41, 5.74) is -1.56. The predicted octanol–water partition coefficient (Wildman–Crippen LogP) is 2.42. The Labute approximate surface area is 167 Å². The Morgan fingerprint density at radius 1 is 0.933 bits per heavy atom. The van der Waals surface area contributed by atoms with E-state index in [4.69, 9.17) is 0 Å². The van der Waals surface area contributed by atoms with E-state index in [-0.39, 0.29) is 0 Å². The summed E-state index contributed by atoms with van der Waals surface area (Å²) in [7, 11) is -7.24. The maximum atomic E-state index is 13.3. The molecule has 0 aliphatic rings. The van der Waals surface area contributed by atoms with Crippen LogP contribution in [0.4, 0.5) is 39.5 Å². The second-order valence-electron chi connectivity index (χ2n) is 6.83. The van der Waals surface area contributed by atoms with E-state index in [1.165, 1.54) is 0 Å². The van der Waals surface area contributed by atoms with Crippen molar-refractivity contribution in [2.75, 3.05) is 17.3 Å². The van der Waals surface area contributed by atoms with Gasteiger partial charge in [-0.15, -0.1) is 0 Å². The molecule has 1 unspecified atom stereocenters. The van der Waals surface area contributed by atoms with Gasteiger partial charge >= 0.3 is 23.9 Å². The summed E-state index contributed by atoms with van der Waals surface area (Å²) in [6.45, 7) is 2.28. The Morgan fingerprint density at radius 3 is 1.80 bits per heavy atom. The van der Waals surface area contributed by atoms with Crippen molar-refractivity contribution in [2.24, 2.45) is 0 Å². The Kier molecular flexibility index (Phi) is 8.84. The number of rotatable bonds is 11. The number of halogens is 9. The van der Waals surface area contributed by atoms with Crippen LogP contribution < -0.4 is 5.32 Å². The first-order valence-corrected chi connectivity index (χ1v) is 10.8. The average molecular weight is 502 g/mol. The van der Waals surface area contributed by atoms with E-state index < -0.39 is 86.4 Å². The normalized spacial score (nSPS) is 15.7. The van der Waals surface area contributed by atoms with E-state index in [1.54, 1.807) is 0 Å². The first kappa shape index (κ1) is 28.9. The van der Waals surface area contributed by atoms with Crippen LogP contribution >= 0.6 is 0 Å². The lowest BCUT2D eigenvalue weighted by Crippen LogP contribution is -2.61. The van der Waals surface area contributed by atoms with E-state index in [0.29, 0.717) is 0 Å². The molecule has 0 aliphatic carbocycles. The van der Waals surface area contributed by atoms with Gasteiger partial charge in [0.2, 0.25) is 5.91 Å². The Balaban J connectivity index is 4.86. The molecular weight excluding hydrogens is 485 g/mol. The first-order valence-electron chi connectivity index (χ1n) is 7.75. The van der Waals surface area contributed by atoms with Gasteiger partial charge in [-0.1, -0.05) is 0 Å². The smallest absolute Gasteiger partial charge is 0.460 e. The van der Waals surface area contributed by atoms with Gasteiger partial charge in [0.15, 0.2) is 0 Å². The summed E-state index contributed by atoms with van der Waals surface area (Å²) in [5, 5.41) is 2.06. The summed E-state index contributed by atoms with van der Waals surface area (Å²) < 4.78 is 158. The second kappa shape index (κ2) is 9.18. The fraction of sp³-hybridized carbons (Fsp3) is 0.923. The van der Waals surface area contributed by atoms with Gasteiger partial charge in [-0.3, -0.25) is 9.00 Å². The highest BCUT2D eigenvalue weighted by atomic mass is 32.2. The zero-order chi connectivity index (χ0) is 24.4. The Bertz CT molecular complexity index is 751. The minimum Gasteiger partial charge on any atom is -0.748 e. The van der Waals surface area contributed by atoms with Gasteiger partial charge in [0.1, 0.15) is 0 Å². The molecule has 0 aromatic carbocycles. The lowest BCUT2D eigenvalue weighted by atomic mass is 10.0. The summed E-state index contributed by atoms with van der Waals surface area (Å²) in [6, 6.07) is 0. The van der Waals surface area contributed by atoms with Crippen LogP contribution in [0.3, 0.4) is 0 Å². The van der Waals surface area contributed by atoms with Crippen LogP contribution in [0, 0.1) is 0 Å². The molecule has 0 fully saturated rings. The molecule has 17 heteroatoms. The SMILES string of the molecule is CC(C)(CS(=O)(=O)[O-])NC(=O)CCS(=O)CCC(F)(F)C(F)(F)C(F)(F)C(F)(F)F. The van der Waals surface area contributed by atoms with Crippen molar-refractivity contribution in [3.05, 3.63) is 0 Å². The number of nitrogens with one attached hydrogen (secondary N) is 1. The number of hydrogen-bond acceptors (Lipinski definition) is 5. The lowest BCUT2D eigenvalue weighted by Gasteiger charge is -2.33. The summed E-state index contributed by atoms with van der Waals surface area (Å²) in [4.78, 5) is 11.6. The van der Waals surface area contributed by atoms with E-state index in [1.807, 2.05) is 0 Å². The van der Waals surface area contributed by atoms with Crippen molar-refractivity contribution in [1.29, 1.82) is 0 Å². The highest BCUT2D eigenvalue weighted by molar-refractivity contribution is 7.85. The molecule has 0 aliphatic heterocycles. The van der Waals surface area contributed by atoms with E-state index in [0.717, 1.165) is 13.8 Å². The van der Waals surface area contributed by atoms with Crippen LogP contribution in [0.1, 0.15) is 26.7 Å². The minimum absolute atomic E-state index is 0.727. The largest absolute Gasteiger partial charge is 0.748 e. The zero-order valence-corrected chi connectivity index (χ0v) is 16.9. The minimum atomic E-state index is -7.04. The van der Waals surface area contributed by atoms with Gasteiger partial charge in [0.25, 0.3) is 0 Å². The predicted molar refractivity (Wildman–Crippen MR) is 84.8 cm³/mol. The van der Waals surface area contributed by atoms with Gasteiger partial charge < -0.3 is 9.87 Å². The molecule has 0 spiro atoms. The van der Waals surface area contributed by atoms with Crippen LogP contribution in [-0.4, -0.2) is 69.8 Å². The van der Waals surface area contributed by atoms with Crippen molar-refractivity contribution in [1.82, 2.24) is 5.32 Å². The molecule has 1 amide bonds. The fourth-order valence-corrected chi connectivity index (χ4v) is 4.09. The first-order chi connectivity index (χ1) is 13.0. The molecule has 0 radical (unpaired) electrons. The van der Waals surface area contributed by atoms with Crippen LogP contribution in [0.25, 0.3) is 0 Å². The van der Waals surface area contributed by atoms with Gasteiger partial charge in [-0.05, 0) is 13.8 Å². The third-order valence-electron chi connectivity index (χ3n) is 3.43. The monoisotopic (exact) mass is 502 g/mol. The van der Waals surface area contributed by atoms with Crippen molar-refractivity contribution < 1.29 is 61.5 Å². The Morgan fingerprint density at radius 2 is 1.40 bits per heavy atom. The van der Waals surface area contributed by atoms with Gasteiger partial charge in [0.05, 0.1) is 15.9 Å². The lowest BCUT2D eigenvalue weighted by molar-refractivity contribution is -0.396. The van der Waals surface area contributed by atoms with Crippen LogP contribution in [0.15, 0.2) is 0 Å². The molecule has 0 saturated heterocycles. The quantitative estimate of drug-likeness (QED) is 0.345. The van der Waals surface area contributed by atoms with Crippen LogP contribution in [-0.2, 0) is 25.7 Å². The molecule has 6 nitrogen and oxygen atoms in total. The summed E-state index contributed by atoms with van der Waals surface area (Å²) >= 11 is 0. The number of alkyl halides is 9. The van der Waals surface area contributed by atoms with Crippen LogP contribution in [0.2, 0.25) is 0 Å². The number of carbonyl (C=O) groups excluding carboxylic acids is 1. The number of hydrogen-bond donors (Lipinski definition) is 1. The molecular formula is C13H17F9NO5S2-. The van der Waals surface area contributed by atoms with Gasteiger partial charge in [-0.25, -0.2) is 8.42 Å².